The van der Waals surface area contributed by atoms with Crippen LogP contribution in [-0.2, 0) is 4.74 Å². The maximum Gasteiger partial charge on any atom is 0.339 e. The van der Waals surface area contributed by atoms with Crippen molar-refractivity contribution in [2.45, 2.75) is 65.6 Å². The van der Waals surface area contributed by atoms with Crippen molar-refractivity contribution in [2.24, 2.45) is 0 Å². The number of ether oxygens (including phenoxy) is 1. The van der Waals surface area contributed by atoms with Gasteiger partial charge in [-0.1, -0.05) is 86.0 Å². The Bertz CT molecular complexity index is 1100. The van der Waals surface area contributed by atoms with Crippen molar-refractivity contribution in [1.82, 2.24) is 5.32 Å². The van der Waals surface area contributed by atoms with Crippen LogP contribution in [0, 0.1) is 0 Å². The molecular weight excluding hydrogens is 478 g/mol. The van der Waals surface area contributed by atoms with Crippen LogP contribution in [0.1, 0.15) is 47.1 Å². The fourth-order valence-corrected chi connectivity index (χ4v) is 14.7. The number of hydrogen-bond acceptors (Lipinski definition) is 3. The standard InChI is InChI=1S/C27H38ClNO3Si2/c1-27(2,3)29-25(30)22-16-18(17-23(33(5,6)7)34(8,9)10)14-15-19(22)20-12-11-13-21(24(20)28)26(31)32-4/h11-17H,1-10H3,(H,29,30). The highest BCUT2D eigenvalue weighted by molar-refractivity contribution is 7.05. The van der Waals surface area contributed by atoms with Crippen molar-refractivity contribution in [2.75, 3.05) is 7.11 Å². The second-order valence-corrected chi connectivity index (χ2v) is 22.7. The second kappa shape index (κ2) is 10.2. The van der Waals surface area contributed by atoms with Gasteiger partial charge < -0.3 is 10.1 Å². The summed E-state index contributed by atoms with van der Waals surface area (Å²) in [6.07, 6.45) is 2.29. The van der Waals surface area contributed by atoms with Crippen LogP contribution in [0.4, 0.5) is 0 Å². The molecule has 0 aromatic heterocycles. The summed E-state index contributed by atoms with van der Waals surface area (Å²) in [5, 5.41) is 3.35. The van der Waals surface area contributed by atoms with Gasteiger partial charge in [-0.25, -0.2) is 4.79 Å². The van der Waals surface area contributed by atoms with Crippen LogP contribution in [-0.4, -0.2) is 40.7 Å². The molecule has 2 rings (SSSR count). The van der Waals surface area contributed by atoms with Gasteiger partial charge in [0, 0.05) is 16.7 Å². The summed E-state index contributed by atoms with van der Waals surface area (Å²) in [7, 11) is -1.77. The molecule has 0 aliphatic rings. The van der Waals surface area contributed by atoms with Gasteiger partial charge in [0.2, 0.25) is 0 Å². The minimum Gasteiger partial charge on any atom is -0.465 e. The zero-order valence-electron chi connectivity index (χ0n) is 22.1. The molecule has 0 bridgehead atoms. The van der Waals surface area contributed by atoms with Crippen LogP contribution in [0.25, 0.3) is 17.2 Å². The summed E-state index contributed by atoms with van der Waals surface area (Å²) in [6.45, 7) is 20.1. The topological polar surface area (TPSA) is 55.4 Å². The van der Waals surface area contributed by atoms with E-state index in [0.29, 0.717) is 16.7 Å². The zero-order chi connectivity index (χ0) is 26.1. The minimum absolute atomic E-state index is 0.181. The molecule has 2 aromatic rings. The Labute approximate surface area is 211 Å². The van der Waals surface area contributed by atoms with Crippen LogP contribution in [0.15, 0.2) is 41.2 Å². The number of hydrogen-bond donors (Lipinski definition) is 1. The molecule has 0 fully saturated rings. The van der Waals surface area contributed by atoms with E-state index in [1.165, 1.54) is 7.11 Å². The van der Waals surface area contributed by atoms with E-state index in [9.17, 15) is 9.59 Å². The van der Waals surface area contributed by atoms with Crippen molar-refractivity contribution < 1.29 is 14.3 Å². The van der Waals surface area contributed by atoms with Gasteiger partial charge in [-0.15, -0.1) is 0 Å². The molecule has 2 aromatic carbocycles. The summed E-state index contributed by atoms with van der Waals surface area (Å²) in [6, 6.07) is 11.1. The average molecular weight is 516 g/mol. The number of rotatable bonds is 6. The van der Waals surface area contributed by atoms with Crippen molar-refractivity contribution in [1.29, 1.82) is 0 Å². The van der Waals surface area contributed by atoms with Gasteiger partial charge in [-0.3, -0.25) is 4.79 Å². The Morgan fingerprint density at radius 1 is 0.912 bits per heavy atom. The lowest BCUT2D eigenvalue weighted by Crippen LogP contribution is -2.41. The van der Waals surface area contributed by atoms with Gasteiger partial charge in [0.05, 0.1) is 33.8 Å². The third kappa shape index (κ3) is 6.93. The van der Waals surface area contributed by atoms with Crippen LogP contribution < -0.4 is 5.32 Å². The molecule has 184 valence electrons. The minimum atomic E-state index is -1.55. The Morgan fingerprint density at radius 3 is 2.00 bits per heavy atom. The predicted molar refractivity (Wildman–Crippen MR) is 150 cm³/mol. The van der Waals surface area contributed by atoms with Crippen molar-refractivity contribution in [3.05, 3.63) is 62.9 Å². The number of carbonyl (C=O) groups is 2. The van der Waals surface area contributed by atoms with Gasteiger partial charge in [-0.2, -0.15) is 0 Å². The molecule has 0 saturated heterocycles. The monoisotopic (exact) mass is 515 g/mol. The van der Waals surface area contributed by atoms with E-state index in [2.05, 4.69) is 50.7 Å². The van der Waals surface area contributed by atoms with Crippen LogP contribution >= 0.6 is 11.6 Å². The first-order chi connectivity index (χ1) is 15.5. The molecule has 0 spiro atoms. The van der Waals surface area contributed by atoms with Crippen LogP contribution in [0.2, 0.25) is 44.3 Å². The summed E-state index contributed by atoms with van der Waals surface area (Å²) in [5.41, 5.74) is 2.69. The zero-order valence-corrected chi connectivity index (χ0v) is 24.9. The third-order valence-corrected chi connectivity index (χ3v) is 13.8. The van der Waals surface area contributed by atoms with Crippen LogP contribution in [0.3, 0.4) is 0 Å². The van der Waals surface area contributed by atoms with E-state index in [1.807, 2.05) is 45.0 Å². The summed E-state index contributed by atoms with van der Waals surface area (Å²) >= 11 is 6.64. The Kier molecular flexibility index (Phi) is 8.44. The number of nitrogens with one attached hydrogen (secondary N) is 1. The highest BCUT2D eigenvalue weighted by Crippen LogP contribution is 2.35. The maximum atomic E-state index is 13.4. The lowest BCUT2D eigenvalue weighted by atomic mass is 9.94. The van der Waals surface area contributed by atoms with Gasteiger partial charge in [-0.05, 0) is 44.0 Å². The highest BCUT2D eigenvalue weighted by atomic mass is 35.5. The maximum absolute atomic E-state index is 13.4. The van der Waals surface area contributed by atoms with Gasteiger partial charge in [0.15, 0.2) is 0 Å². The molecule has 0 aliphatic carbocycles. The Hall–Kier alpha value is -2.16. The number of esters is 1. The average Bonchev–Trinajstić information content (AvgIpc) is 2.68. The third-order valence-electron chi connectivity index (χ3n) is 5.40. The number of methoxy groups -OCH3 is 1. The van der Waals surface area contributed by atoms with E-state index in [0.717, 1.165) is 5.56 Å². The molecule has 0 radical (unpaired) electrons. The van der Waals surface area contributed by atoms with E-state index < -0.39 is 27.7 Å². The predicted octanol–water partition coefficient (Wildman–Crippen LogP) is 7.46. The van der Waals surface area contributed by atoms with E-state index in [-0.39, 0.29) is 16.5 Å². The lowest BCUT2D eigenvalue weighted by molar-refractivity contribution is 0.0600. The van der Waals surface area contributed by atoms with Crippen LogP contribution in [0.5, 0.6) is 0 Å². The molecule has 0 atom stereocenters. The summed E-state index contributed by atoms with van der Waals surface area (Å²) < 4.78 is 4.88. The smallest absolute Gasteiger partial charge is 0.339 e. The first-order valence-electron chi connectivity index (χ1n) is 11.5. The first-order valence-corrected chi connectivity index (χ1v) is 18.9. The molecule has 1 N–H and O–H groups in total. The number of carbonyl (C=O) groups excluding carboxylic acids is 2. The number of halogens is 1. The van der Waals surface area contributed by atoms with Gasteiger partial charge >= 0.3 is 5.97 Å². The molecule has 0 unspecified atom stereocenters. The molecule has 0 aliphatic heterocycles. The quantitative estimate of drug-likeness (QED) is 0.321. The molecule has 0 heterocycles. The molecule has 1 amide bonds. The largest absolute Gasteiger partial charge is 0.465 e. The molecule has 0 saturated carbocycles. The lowest BCUT2D eigenvalue weighted by Gasteiger charge is -2.31. The fraction of sp³-hybridized carbons (Fsp3) is 0.407. The number of benzene rings is 2. The van der Waals surface area contributed by atoms with E-state index in [1.54, 1.807) is 17.0 Å². The van der Waals surface area contributed by atoms with Crippen molar-refractivity contribution in [3.8, 4) is 11.1 Å². The van der Waals surface area contributed by atoms with Crippen molar-refractivity contribution >= 4 is 45.7 Å². The van der Waals surface area contributed by atoms with E-state index >= 15 is 0 Å². The molecular formula is C27H38ClNO3Si2. The Morgan fingerprint density at radius 2 is 1.50 bits per heavy atom. The van der Waals surface area contributed by atoms with Crippen molar-refractivity contribution in [3.63, 3.8) is 0 Å². The Balaban J connectivity index is 2.79. The SMILES string of the molecule is COC(=O)c1cccc(-c2ccc(C=C([Si](C)(C)C)[Si](C)(C)C)cc2C(=O)NC(C)(C)C)c1Cl. The second-order valence-electron chi connectivity index (χ2n) is 11.7. The first kappa shape index (κ1) is 28.1. The van der Waals surface area contributed by atoms with Gasteiger partial charge in [0.25, 0.3) is 5.91 Å². The molecule has 34 heavy (non-hydrogen) atoms. The normalized spacial score (nSPS) is 12.2. The molecule has 4 nitrogen and oxygen atoms in total. The highest BCUT2D eigenvalue weighted by Gasteiger charge is 2.31. The van der Waals surface area contributed by atoms with Gasteiger partial charge in [0.1, 0.15) is 0 Å². The fourth-order valence-electron chi connectivity index (χ4n) is 4.21. The number of amides is 1. The van der Waals surface area contributed by atoms with E-state index in [4.69, 9.17) is 16.3 Å². The summed E-state index contributed by atoms with van der Waals surface area (Å²) in [4.78, 5) is 27.2. The summed E-state index contributed by atoms with van der Waals surface area (Å²) in [5.74, 6) is -0.693. The molecule has 7 heteroatoms.